The number of halogens is 2. The zero-order valence-electron chi connectivity index (χ0n) is 7.64. The van der Waals surface area contributed by atoms with Gasteiger partial charge in [0.05, 0.1) is 4.92 Å². The molecule has 1 aromatic rings. The fourth-order valence-electron chi connectivity index (χ4n) is 0.839. The summed E-state index contributed by atoms with van der Waals surface area (Å²) in [6, 6.07) is 0.961. The molecule has 0 aliphatic carbocycles. The van der Waals surface area contributed by atoms with Crippen molar-refractivity contribution in [1.29, 1.82) is 0 Å². The standard InChI is InChI=1S/C6H6ClIN2O4S2/c7-6-4(10(11)12)3-5(15-6)16(13,14)9-2-1-8/h3,9H,1-2H2. The van der Waals surface area contributed by atoms with Gasteiger partial charge in [0.2, 0.25) is 10.0 Å². The Hall–Kier alpha value is 0.0300. The quantitative estimate of drug-likeness (QED) is 0.357. The van der Waals surface area contributed by atoms with Crippen LogP contribution in [0.4, 0.5) is 5.69 Å². The van der Waals surface area contributed by atoms with E-state index in [0.29, 0.717) is 15.8 Å². The predicted octanol–water partition coefficient (Wildman–Crippen LogP) is 2.02. The smallest absolute Gasteiger partial charge is 0.258 e. The van der Waals surface area contributed by atoms with E-state index in [9.17, 15) is 18.5 Å². The Bertz CT molecular complexity index is 501. The molecule has 0 bridgehead atoms. The average Bonchev–Trinajstić information content (AvgIpc) is 2.58. The van der Waals surface area contributed by atoms with Gasteiger partial charge in [-0.05, 0) is 0 Å². The number of nitrogens with one attached hydrogen (secondary N) is 1. The van der Waals surface area contributed by atoms with Gasteiger partial charge in [0.1, 0.15) is 4.21 Å². The lowest BCUT2D eigenvalue weighted by atomic mass is 10.6. The largest absolute Gasteiger partial charge is 0.300 e. The molecule has 16 heavy (non-hydrogen) atoms. The second kappa shape index (κ2) is 5.58. The molecule has 0 saturated heterocycles. The molecule has 0 amide bonds. The Morgan fingerprint density at radius 3 is 2.69 bits per heavy atom. The Labute approximate surface area is 114 Å². The summed E-state index contributed by atoms with van der Waals surface area (Å²) in [7, 11) is -3.68. The van der Waals surface area contributed by atoms with E-state index in [0.717, 1.165) is 6.07 Å². The minimum atomic E-state index is -3.68. The summed E-state index contributed by atoms with van der Waals surface area (Å²) in [6.07, 6.45) is 0. The maximum absolute atomic E-state index is 11.6. The van der Waals surface area contributed by atoms with E-state index in [1.54, 1.807) is 0 Å². The van der Waals surface area contributed by atoms with Crippen molar-refractivity contribution in [3.05, 3.63) is 20.5 Å². The van der Waals surface area contributed by atoms with Crippen molar-refractivity contribution in [2.45, 2.75) is 4.21 Å². The second-order valence-corrected chi connectivity index (χ2v) is 7.30. The number of nitrogens with zero attached hydrogens (tertiary/aromatic N) is 1. The lowest BCUT2D eigenvalue weighted by Crippen LogP contribution is -2.24. The molecular formula is C6H6ClIN2O4S2. The van der Waals surface area contributed by atoms with Crippen LogP contribution in [0.25, 0.3) is 0 Å². The second-order valence-electron chi connectivity index (χ2n) is 2.57. The first-order valence-corrected chi connectivity index (χ1v) is 8.08. The number of nitro groups is 1. The summed E-state index contributed by atoms with van der Waals surface area (Å²) < 4.78 is 25.8. The van der Waals surface area contributed by atoms with Gasteiger partial charge < -0.3 is 0 Å². The molecule has 0 aromatic carbocycles. The third-order valence-electron chi connectivity index (χ3n) is 1.49. The lowest BCUT2D eigenvalue weighted by molar-refractivity contribution is -0.384. The Morgan fingerprint density at radius 2 is 2.25 bits per heavy atom. The van der Waals surface area contributed by atoms with Gasteiger partial charge in [0.15, 0.2) is 4.34 Å². The van der Waals surface area contributed by atoms with Crippen molar-refractivity contribution in [1.82, 2.24) is 4.72 Å². The van der Waals surface area contributed by atoms with Gasteiger partial charge in [0, 0.05) is 17.0 Å². The topological polar surface area (TPSA) is 89.3 Å². The van der Waals surface area contributed by atoms with Gasteiger partial charge in [-0.15, -0.1) is 11.3 Å². The fourth-order valence-corrected chi connectivity index (χ4v) is 4.22. The summed E-state index contributed by atoms with van der Waals surface area (Å²) in [5.74, 6) is 0. The minimum Gasteiger partial charge on any atom is -0.258 e. The number of thiophene rings is 1. The molecule has 0 radical (unpaired) electrons. The number of sulfonamides is 1. The number of rotatable bonds is 5. The van der Waals surface area contributed by atoms with Crippen LogP contribution in [0.5, 0.6) is 0 Å². The molecule has 10 heteroatoms. The van der Waals surface area contributed by atoms with Crippen molar-refractivity contribution >= 4 is 61.2 Å². The fraction of sp³-hybridized carbons (Fsp3) is 0.333. The Balaban J connectivity index is 3.06. The van der Waals surface area contributed by atoms with Crippen LogP contribution >= 0.6 is 45.5 Å². The third kappa shape index (κ3) is 3.26. The highest BCUT2D eigenvalue weighted by Gasteiger charge is 2.24. The molecule has 1 N–H and O–H groups in total. The van der Waals surface area contributed by atoms with E-state index in [1.165, 1.54) is 0 Å². The third-order valence-corrected chi connectivity index (χ3v) is 5.31. The van der Waals surface area contributed by atoms with Gasteiger partial charge in [-0.3, -0.25) is 10.1 Å². The van der Waals surface area contributed by atoms with Gasteiger partial charge in [0.25, 0.3) is 5.69 Å². The van der Waals surface area contributed by atoms with Gasteiger partial charge in [-0.1, -0.05) is 34.2 Å². The van der Waals surface area contributed by atoms with Crippen LogP contribution in [0.2, 0.25) is 4.34 Å². The zero-order chi connectivity index (χ0) is 12.3. The van der Waals surface area contributed by atoms with Crippen LogP contribution in [-0.4, -0.2) is 24.3 Å². The maximum atomic E-state index is 11.6. The summed E-state index contributed by atoms with van der Waals surface area (Å²) >= 11 is 8.25. The average molecular weight is 397 g/mol. The molecule has 1 rings (SSSR count). The van der Waals surface area contributed by atoms with Crippen LogP contribution in [0.15, 0.2) is 10.3 Å². The molecule has 0 fully saturated rings. The highest BCUT2D eigenvalue weighted by molar-refractivity contribution is 14.1. The van der Waals surface area contributed by atoms with E-state index in [-0.39, 0.29) is 20.8 Å². The number of alkyl halides is 1. The van der Waals surface area contributed by atoms with Crippen LogP contribution < -0.4 is 4.72 Å². The Kier molecular flexibility index (Phi) is 4.91. The van der Waals surface area contributed by atoms with Crippen molar-refractivity contribution in [2.75, 3.05) is 11.0 Å². The molecule has 0 aliphatic heterocycles. The van der Waals surface area contributed by atoms with E-state index in [1.807, 2.05) is 22.6 Å². The molecule has 0 saturated carbocycles. The van der Waals surface area contributed by atoms with Crippen LogP contribution in [-0.2, 0) is 10.0 Å². The first kappa shape index (κ1) is 14.1. The monoisotopic (exact) mass is 396 g/mol. The molecule has 0 atom stereocenters. The summed E-state index contributed by atoms with van der Waals surface area (Å²) in [5.41, 5.74) is -0.387. The van der Waals surface area contributed by atoms with Crippen molar-refractivity contribution in [3.63, 3.8) is 0 Å². The van der Waals surface area contributed by atoms with Crippen LogP contribution in [0.1, 0.15) is 0 Å². The normalized spacial score (nSPS) is 11.6. The summed E-state index contributed by atoms with van der Waals surface area (Å²) in [5, 5.41) is 10.5. The van der Waals surface area contributed by atoms with Crippen molar-refractivity contribution in [2.24, 2.45) is 0 Å². The lowest BCUT2D eigenvalue weighted by Gasteiger charge is -2.00. The molecule has 90 valence electrons. The first-order valence-electron chi connectivity index (χ1n) is 3.88. The highest BCUT2D eigenvalue weighted by Crippen LogP contribution is 2.35. The van der Waals surface area contributed by atoms with Gasteiger partial charge >= 0.3 is 0 Å². The SMILES string of the molecule is O=[N+]([O-])c1cc(S(=O)(=O)NCCI)sc1Cl. The van der Waals surface area contributed by atoms with Crippen LogP contribution in [0.3, 0.4) is 0 Å². The molecule has 6 nitrogen and oxygen atoms in total. The summed E-state index contributed by atoms with van der Waals surface area (Å²) in [4.78, 5) is 9.78. The Morgan fingerprint density at radius 1 is 1.62 bits per heavy atom. The zero-order valence-corrected chi connectivity index (χ0v) is 12.2. The molecule has 1 heterocycles. The minimum absolute atomic E-state index is 0.139. The van der Waals surface area contributed by atoms with E-state index >= 15 is 0 Å². The van der Waals surface area contributed by atoms with Gasteiger partial charge in [-0.2, -0.15) is 0 Å². The molecule has 0 aliphatic rings. The van der Waals surface area contributed by atoms with E-state index < -0.39 is 14.9 Å². The molecule has 0 spiro atoms. The number of hydrogen-bond donors (Lipinski definition) is 1. The van der Waals surface area contributed by atoms with Crippen molar-refractivity contribution < 1.29 is 13.3 Å². The predicted molar refractivity (Wildman–Crippen MR) is 70.1 cm³/mol. The van der Waals surface area contributed by atoms with E-state index in [2.05, 4.69) is 4.72 Å². The first-order chi connectivity index (χ1) is 7.38. The highest BCUT2D eigenvalue weighted by atomic mass is 127. The van der Waals surface area contributed by atoms with E-state index in [4.69, 9.17) is 11.6 Å². The molecule has 1 aromatic heterocycles. The molecular weight excluding hydrogens is 391 g/mol. The van der Waals surface area contributed by atoms with Crippen LogP contribution in [0, 0.1) is 10.1 Å². The maximum Gasteiger partial charge on any atom is 0.300 e. The van der Waals surface area contributed by atoms with Crippen molar-refractivity contribution in [3.8, 4) is 0 Å². The van der Waals surface area contributed by atoms with Gasteiger partial charge in [-0.25, -0.2) is 13.1 Å². The number of hydrogen-bond acceptors (Lipinski definition) is 5. The summed E-state index contributed by atoms with van der Waals surface area (Å²) in [6.45, 7) is 0.270. The molecule has 0 unspecified atom stereocenters.